The van der Waals surface area contributed by atoms with Gasteiger partial charge in [0, 0.05) is 10.4 Å². The Kier molecular flexibility index (Phi) is 5.56. The fourth-order valence-electron chi connectivity index (χ4n) is 2.04. The van der Waals surface area contributed by atoms with E-state index in [1.54, 1.807) is 6.07 Å². The smallest absolute Gasteiger partial charge is 0.0717 e. The summed E-state index contributed by atoms with van der Waals surface area (Å²) in [6, 6.07) is 13.4. The first-order valence-electron chi connectivity index (χ1n) is 6.66. The Morgan fingerprint density at radius 3 is 2.19 bits per heavy atom. The highest BCUT2D eigenvalue weighted by Gasteiger charge is 2.20. The van der Waals surface area contributed by atoms with Crippen LogP contribution in [0.3, 0.4) is 0 Å². The molecule has 0 aliphatic heterocycles. The van der Waals surface area contributed by atoms with E-state index in [0.29, 0.717) is 23.3 Å². The third-order valence-corrected chi connectivity index (χ3v) is 4.33. The van der Waals surface area contributed by atoms with Crippen LogP contribution in [0.15, 0.2) is 42.5 Å². The Balaban J connectivity index is 1.95. The summed E-state index contributed by atoms with van der Waals surface area (Å²) in [5.41, 5.74) is 2.12. The van der Waals surface area contributed by atoms with Gasteiger partial charge in [0.1, 0.15) is 0 Å². The molecule has 0 unspecified atom stereocenters. The molecule has 0 radical (unpaired) electrons. The number of rotatable bonds is 5. The number of hydrogen-bond acceptors (Lipinski definition) is 1. The highest BCUT2D eigenvalue weighted by molar-refractivity contribution is 6.42. The molecule has 0 bridgehead atoms. The molecule has 2 rings (SSSR count). The predicted octanol–water partition coefficient (Wildman–Crippen LogP) is 6.14. The number of hydrogen-bond donors (Lipinski definition) is 0. The van der Waals surface area contributed by atoms with Crippen molar-refractivity contribution in [2.75, 3.05) is 6.61 Å². The van der Waals surface area contributed by atoms with Crippen molar-refractivity contribution in [2.45, 2.75) is 25.9 Å². The van der Waals surface area contributed by atoms with Gasteiger partial charge in [-0.3, -0.25) is 0 Å². The number of ether oxygens (including phenoxy) is 1. The van der Waals surface area contributed by atoms with E-state index >= 15 is 0 Å². The second-order valence-electron chi connectivity index (χ2n) is 5.63. The minimum absolute atomic E-state index is 0.0825. The molecule has 0 aromatic heterocycles. The Hall–Kier alpha value is -0.730. The molecule has 0 N–H and O–H groups in total. The van der Waals surface area contributed by atoms with Gasteiger partial charge in [0.15, 0.2) is 0 Å². The molecule has 0 amide bonds. The molecule has 0 heterocycles. The van der Waals surface area contributed by atoms with E-state index in [2.05, 4.69) is 13.8 Å². The molecular weight excluding hydrogens is 327 g/mol. The van der Waals surface area contributed by atoms with Crippen molar-refractivity contribution in [1.82, 2.24) is 0 Å². The lowest BCUT2D eigenvalue weighted by atomic mass is 9.86. The van der Waals surface area contributed by atoms with Gasteiger partial charge in [0.2, 0.25) is 0 Å². The van der Waals surface area contributed by atoms with Crippen LogP contribution in [0.4, 0.5) is 0 Å². The highest BCUT2D eigenvalue weighted by Crippen LogP contribution is 2.26. The monoisotopic (exact) mass is 342 g/mol. The first-order chi connectivity index (χ1) is 9.88. The average molecular weight is 344 g/mol. The molecule has 0 fully saturated rings. The van der Waals surface area contributed by atoms with Crippen molar-refractivity contribution in [3.63, 3.8) is 0 Å². The summed E-state index contributed by atoms with van der Waals surface area (Å²) >= 11 is 17.8. The van der Waals surface area contributed by atoms with E-state index < -0.39 is 0 Å². The maximum Gasteiger partial charge on any atom is 0.0717 e. The van der Waals surface area contributed by atoms with Gasteiger partial charge in [-0.05, 0) is 35.4 Å². The SMILES string of the molecule is CC(C)(COCc1ccc(Cl)c(Cl)c1)c1ccc(Cl)cc1. The Morgan fingerprint density at radius 2 is 1.57 bits per heavy atom. The lowest BCUT2D eigenvalue weighted by Crippen LogP contribution is -2.24. The van der Waals surface area contributed by atoms with Crippen molar-refractivity contribution in [3.8, 4) is 0 Å². The number of halogens is 3. The molecule has 0 saturated heterocycles. The van der Waals surface area contributed by atoms with Gasteiger partial charge < -0.3 is 4.74 Å². The van der Waals surface area contributed by atoms with Gasteiger partial charge in [-0.1, -0.05) is 66.8 Å². The third kappa shape index (κ3) is 4.62. The van der Waals surface area contributed by atoms with E-state index in [4.69, 9.17) is 39.5 Å². The van der Waals surface area contributed by atoms with Gasteiger partial charge >= 0.3 is 0 Å². The number of benzene rings is 2. The van der Waals surface area contributed by atoms with Crippen molar-refractivity contribution in [2.24, 2.45) is 0 Å². The molecule has 4 heteroatoms. The zero-order chi connectivity index (χ0) is 15.5. The molecule has 0 atom stereocenters. The molecule has 21 heavy (non-hydrogen) atoms. The summed E-state index contributed by atoms with van der Waals surface area (Å²) < 4.78 is 5.83. The van der Waals surface area contributed by atoms with E-state index in [0.717, 1.165) is 10.6 Å². The van der Waals surface area contributed by atoms with Gasteiger partial charge in [-0.2, -0.15) is 0 Å². The average Bonchev–Trinajstić information content (AvgIpc) is 2.43. The maximum absolute atomic E-state index is 5.99. The van der Waals surface area contributed by atoms with E-state index in [1.165, 1.54) is 5.56 Å². The fraction of sp³-hybridized carbons (Fsp3) is 0.294. The molecule has 0 spiro atoms. The standard InChI is InChI=1S/C17H17Cl3O/c1-17(2,13-4-6-14(18)7-5-13)11-21-10-12-3-8-15(19)16(20)9-12/h3-9H,10-11H2,1-2H3. The summed E-state index contributed by atoms with van der Waals surface area (Å²) in [5, 5.41) is 1.85. The zero-order valence-electron chi connectivity index (χ0n) is 12.0. The van der Waals surface area contributed by atoms with Gasteiger partial charge in [0.05, 0.1) is 23.3 Å². The maximum atomic E-state index is 5.99. The fourth-order valence-corrected chi connectivity index (χ4v) is 2.48. The molecule has 112 valence electrons. The van der Waals surface area contributed by atoms with Crippen LogP contribution in [-0.2, 0) is 16.8 Å². The van der Waals surface area contributed by atoms with Gasteiger partial charge in [-0.25, -0.2) is 0 Å². The van der Waals surface area contributed by atoms with Crippen LogP contribution in [0.5, 0.6) is 0 Å². The molecule has 0 aliphatic carbocycles. The van der Waals surface area contributed by atoms with Crippen LogP contribution in [0.1, 0.15) is 25.0 Å². The first kappa shape index (κ1) is 16.6. The summed E-state index contributed by atoms with van der Waals surface area (Å²) in [6.45, 7) is 5.40. The molecule has 0 aliphatic rings. The van der Waals surface area contributed by atoms with E-state index in [9.17, 15) is 0 Å². The van der Waals surface area contributed by atoms with Crippen molar-refractivity contribution in [1.29, 1.82) is 0 Å². The molecule has 0 saturated carbocycles. The van der Waals surface area contributed by atoms with Crippen molar-refractivity contribution >= 4 is 34.8 Å². The van der Waals surface area contributed by atoms with Crippen LogP contribution in [0.2, 0.25) is 15.1 Å². The second kappa shape index (κ2) is 7.02. The minimum atomic E-state index is -0.0825. The van der Waals surface area contributed by atoms with Crippen molar-refractivity contribution in [3.05, 3.63) is 68.7 Å². The van der Waals surface area contributed by atoms with Crippen LogP contribution < -0.4 is 0 Å². The largest absolute Gasteiger partial charge is 0.376 e. The Morgan fingerprint density at radius 1 is 0.905 bits per heavy atom. The van der Waals surface area contributed by atoms with Gasteiger partial charge in [-0.15, -0.1) is 0 Å². The van der Waals surface area contributed by atoms with E-state index in [1.807, 2.05) is 36.4 Å². The van der Waals surface area contributed by atoms with Gasteiger partial charge in [0.25, 0.3) is 0 Å². The lowest BCUT2D eigenvalue weighted by molar-refractivity contribution is 0.0825. The highest BCUT2D eigenvalue weighted by atomic mass is 35.5. The molecule has 2 aromatic carbocycles. The summed E-state index contributed by atoms with van der Waals surface area (Å²) in [4.78, 5) is 0. The summed E-state index contributed by atoms with van der Waals surface area (Å²) in [5.74, 6) is 0. The quantitative estimate of drug-likeness (QED) is 0.633. The van der Waals surface area contributed by atoms with Crippen molar-refractivity contribution < 1.29 is 4.74 Å². The summed E-state index contributed by atoms with van der Waals surface area (Å²) in [7, 11) is 0. The Bertz CT molecular complexity index is 606. The molecule has 1 nitrogen and oxygen atoms in total. The topological polar surface area (TPSA) is 9.23 Å². The molecular formula is C17H17Cl3O. The van der Waals surface area contributed by atoms with E-state index in [-0.39, 0.29) is 5.41 Å². The third-order valence-electron chi connectivity index (χ3n) is 3.34. The summed E-state index contributed by atoms with van der Waals surface area (Å²) in [6.07, 6.45) is 0. The molecule has 2 aromatic rings. The van der Waals surface area contributed by atoms with Crippen LogP contribution in [0.25, 0.3) is 0 Å². The second-order valence-corrected chi connectivity index (χ2v) is 6.88. The predicted molar refractivity (Wildman–Crippen MR) is 90.6 cm³/mol. The van der Waals surface area contributed by atoms with Crippen LogP contribution in [0, 0.1) is 0 Å². The Labute approximate surface area is 140 Å². The van der Waals surface area contributed by atoms with Crippen LogP contribution in [-0.4, -0.2) is 6.61 Å². The van der Waals surface area contributed by atoms with Crippen LogP contribution >= 0.6 is 34.8 Å². The lowest BCUT2D eigenvalue weighted by Gasteiger charge is -2.25. The zero-order valence-corrected chi connectivity index (χ0v) is 14.3. The minimum Gasteiger partial charge on any atom is -0.376 e. The first-order valence-corrected chi connectivity index (χ1v) is 7.79. The normalized spacial score (nSPS) is 11.7.